The van der Waals surface area contributed by atoms with Crippen molar-refractivity contribution >= 4 is 11.6 Å². The average molecular weight is 349 g/mol. The van der Waals surface area contributed by atoms with Crippen LogP contribution in [0.15, 0.2) is 42.5 Å². The third kappa shape index (κ3) is 5.45. The number of methoxy groups -OCH3 is 1. The molecule has 24 heavy (non-hydrogen) atoms. The first-order chi connectivity index (χ1) is 11.8. The van der Waals surface area contributed by atoms with Crippen LogP contribution in [0.1, 0.15) is 40.5 Å². The van der Waals surface area contributed by atoms with Gasteiger partial charge in [0, 0.05) is 16.1 Å². The zero-order valence-electron chi connectivity index (χ0n) is 15.4. The van der Waals surface area contributed by atoms with Gasteiger partial charge in [-0.25, -0.2) is 0 Å². The fraction of sp³-hybridized carbons (Fsp3) is 0.429. The number of halogens is 1. The number of hydrogen-bond donors (Lipinski definition) is 0. The third-order valence-corrected chi connectivity index (χ3v) is 3.85. The van der Waals surface area contributed by atoms with E-state index >= 15 is 0 Å². The average Bonchev–Trinajstić information content (AvgIpc) is 3.48. The first-order valence-corrected chi connectivity index (χ1v) is 9.22. The van der Waals surface area contributed by atoms with E-state index in [9.17, 15) is 0 Å². The van der Waals surface area contributed by atoms with Crippen LogP contribution in [0.25, 0.3) is 11.1 Å². The van der Waals surface area contributed by atoms with Gasteiger partial charge in [-0.15, -0.1) is 0 Å². The van der Waals surface area contributed by atoms with E-state index in [1.165, 1.54) is 12.8 Å². The lowest BCUT2D eigenvalue weighted by atomic mass is 10.0. The summed E-state index contributed by atoms with van der Waals surface area (Å²) in [4.78, 5) is 0. The molecule has 1 saturated carbocycles. The quantitative estimate of drug-likeness (QED) is 0.587. The van der Waals surface area contributed by atoms with Gasteiger partial charge in [0.15, 0.2) is 11.5 Å². The summed E-state index contributed by atoms with van der Waals surface area (Å²) in [6.07, 6.45) is 2.54. The van der Waals surface area contributed by atoms with E-state index in [0.717, 1.165) is 29.2 Å². The molecule has 0 aromatic heterocycles. The van der Waals surface area contributed by atoms with E-state index in [1.807, 2.05) is 70.2 Å². The summed E-state index contributed by atoms with van der Waals surface area (Å²) in [5, 5.41) is 0.713. The first-order valence-electron chi connectivity index (χ1n) is 8.84. The van der Waals surface area contributed by atoms with Crippen molar-refractivity contribution in [3.05, 3.63) is 47.5 Å². The monoisotopic (exact) mass is 348 g/mol. The standard InChI is InChI=1S/C17H17ClO2.2C2H6/c1-19-17-14(13-5-2-3-7-15(13)18)6-4-8-16(17)20-11-12-9-10-12;2*1-2/h2-8,12H,9-11H2,1H3;2*1-2H3. The predicted molar refractivity (Wildman–Crippen MR) is 104 cm³/mol. The van der Waals surface area contributed by atoms with Crippen molar-refractivity contribution in [3.8, 4) is 22.6 Å². The SMILES string of the molecule is CC.CC.COc1c(OCC2CC2)cccc1-c1ccccc1Cl. The van der Waals surface area contributed by atoms with Gasteiger partial charge in [-0.3, -0.25) is 0 Å². The Hall–Kier alpha value is -1.67. The maximum absolute atomic E-state index is 6.28. The fourth-order valence-corrected chi connectivity index (χ4v) is 2.46. The molecule has 0 unspecified atom stereocenters. The highest BCUT2D eigenvalue weighted by atomic mass is 35.5. The summed E-state index contributed by atoms with van der Waals surface area (Å²) in [6, 6.07) is 13.7. The number of benzene rings is 2. The summed E-state index contributed by atoms with van der Waals surface area (Å²) in [6.45, 7) is 8.77. The van der Waals surface area contributed by atoms with Crippen LogP contribution in [0.2, 0.25) is 5.02 Å². The molecule has 0 saturated heterocycles. The molecule has 1 aliphatic rings. The summed E-state index contributed by atoms with van der Waals surface area (Å²) in [5.74, 6) is 2.25. The highest BCUT2D eigenvalue weighted by Gasteiger charge is 2.23. The maximum atomic E-state index is 6.28. The van der Waals surface area contributed by atoms with Gasteiger partial charge in [-0.2, -0.15) is 0 Å². The molecule has 0 spiro atoms. The minimum atomic E-state index is 0.712. The smallest absolute Gasteiger partial charge is 0.168 e. The van der Waals surface area contributed by atoms with Crippen molar-refractivity contribution in [2.45, 2.75) is 40.5 Å². The lowest BCUT2D eigenvalue weighted by molar-refractivity contribution is 0.281. The Morgan fingerprint density at radius 2 is 1.54 bits per heavy atom. The van der Waals surface area contributed by atoms with Gasteiger partial charge in [0.25, 0.3) is 0 Å². The number of hydrogen-bond acceptors (Lipinski definition) is 2. The maximum Gasteiger partial charge on any atom is 0.168 e. The molecule has 2 aromatic rings. The highest BCUT2D eigenvalue weighted by Crippen LogP contribution is 2.41. The molecule has 3 heteroatoms. The molecule has 0 aliphatic heterocycles. The molecule has 2 nitrogen and oxygen atoms in total. The second-order valence-electron chi connectivity index (χ2n) is 5.07. The molecule has 0 atom stereocenters. The van der Waals surface area contributed by atoms with Crippen LogP contribution in [0.4, 0.5) is 0 Å². The lowest BCUT2D eigenvalue weighted by Crippen LogP contribution is -2.01. The Morgan fingerprint density at radius 1 is 0.917 bits per heavy atom. The van der Waals surface area contributed by atoms with Crippen molar-refractivity contribution in [3.63, 3.8) is 0 Å². The van der Waals surface area contributed by atoms with Crippen LogP contribution in [-0.4, -0.2) is 13.7 Å². The van der Waals surface area contributed by atoms with E-state index in [0.29, 0.717) is 10.9 Å². The van der Waals surface area contributed by atoms with E-state index in [2.05, 4.69) is 0 Å². The normalized spacial score (nSPS) is 12.2. The fourth-order valence-electron chi connectivity index (χ4n) is 2.22. The van der Waals surface area contributed by atoms with Crippen molar-refractivity contribution in [1.29, 1.82) is 0 Å². The molecule has 132 valence electrons. The largest absolute Gasteiger partial charge is 0.492 e. The molecular weight excluding hydrogens is 320 g/mol. The number of ether oxygens (including phenoxy) is 2. The zero-order chi connectivity index (χ0) is 17.9. The third-order valence-electron chi connectivity index (χ3n) is 3.52. The molecule has 0 N–H and O–H groups in total. The topological polar surface area (TPSA) is 18.5 Å². The second kappa shape index (κ2) is 11.0. The van der Waals surface area contributed by atoms with Crippen molar-refractivity contribution in [1.82, 2.24) is 0 Å². The van der Waals surface area contributed by atoms with Gasteiger partial charge in [-0.1, -0.05) is 69.6 Å². The molecule has 1 aliphatic carbocycles. The van der Waals surface area contributed by atoms with Gasteiger partial charge >= 0.3 is 0 Å². The second-order valence-corrected chi connectivity index (χ2v) is 5.48. The molecule has 0 amide bonds. The van der Waals surface area contributed by atoms with Crippen LogP contribution in [-0.2, 0) is 0 Å². The van der Waals surface area contributed by atoms with Gasteiger partial charge < -0.3 is 9.47 Å². The van der Waals surface area contributed by atoms with Gasteiger partial charge in [0.05, 0.1) is 13.7 Å². The van der Waals surface area contributed by atoms with Crippen LogP contribution in [0.3, 0.4) is 0 Å². The Labute approximate surface area is 151 Å². The van der Waals surface area contributed by atoms with Crippen LogP contribution >= 0.6 is 11.6 Å². The minimum Gasteiger partial charge on any atom is -0.492 e. The Kier molecular flexibility index (Phi) is 9.33. The van der Waals surface area contributed by atoms with Crippen LogP contribution < -0.4 is 9.47 Å². The summed E-state index contributed by atoms with van der Waals surface area (Å²) in [5.41, 5.74) is 1.93. The summed E-state index contributed by atoms with van der Waals surface area (Å²) < 4.78 is 11.4. The van der Waals surface area contributed by atoms with E-state index in [1.54, 1.807) is 7.11 Å². The Balaban J connectivity index is 0.000000671. The summed E-state index contributed by atoms with van der Waals surface area (Å²) >= 11 is 6.28. The lowest BCUT2D eigenvalue weighted by Gasteiger charge is -2.15. The molecule has 0 bridgehead atoms. The Bertz CT molecular complexity index is 607. The number of para-hydroxylation sites is 1. The van der Waals surface area contributed by atoms with E-state index < -0.39 is 0 Å². The van der Waals surface area contributed by atoms with E-state index in [4.69, 9.17) is 21.1 Å². The first kappa shape index (κ1) is 20.4. The zero-order valence-corrected chi connectivity index (χ0v) is 16.2. The Morgan fingerprint density at radius 3 is 2.12 bits per heavy atom. The summed E-state index contributed by atoms with van der Waals surface area (Å²) in [7, 11) is 1.67. The minimum absolute atomic E-state index is 0.712. The molecule has 1 fully saturated rings. The molecule has 2 aromatic carbocycles. The van der Waals surface area contributed by atoms with E-state index in [-0.39, 0.29) is 0 Å². The van der Waals surface area contributed by atoms with Crippen LogP contribution in [0, 0.1) is 5.92 Å². The van der Waals surface area contributed by atoms with Crippen molar-refractivity contribution < 1.29 is 9.47 Å². The molecule has 3 rings (SSSR count). The van der Waals surface area contributed by atoms with Gasteiger partial charge in [0.1, 0.15) is 0 Å². The van der Waals surface area contributed by atoms with Crippen molar-refractivity contribution in [2.24, 2.45) is 5.92 Å². The predicted octanol–water partition coefficient (Wildman–Crippen LogP) is 6.86. The van der Waals surface area contributed by atoms with Crippen LogP contribution in [0.5, 0.6) is 11.5 Å². The number of rotatable bonds is 5. The molecule has 0 radical (unpaired) electrons. The van der Waals surface area contributed by atoms with Crippen molar-refractivity contribution in [2.75, 3.05) is 13.7 Å². The van der Waals surface area contributed by atoms with Gasteiger partial charge in [-0.05, 0) is 30.9 Å². The van der Waals surface area contributed by atoms with Gasteiger partial charge in [0.2, 0.25) is 0 Å². The highest BCUT2D eigenvalue weighted by molar-refractivity contribution is 6.33. The molecule has 0 heterocycles. The molecular formula is C21H29ClO2.